The molecule has 0 bridgehead atoms. The number of aromatic hydroxyl groups is 1. The number of ether oxygens (including phenoxy) is 2. The second-order valence-corrected chi connectivity index (χ2v) is 6.93. The summed E-state index contributed by atoms with van der Waals surface area (Å²) in [4.78, 5) is 18.6. The number of fused-ring (bicyclic) bond motifs is 1. The first kappa shape index (κ1) is 18.6. The number of imidazole rings is 1. The molecule has 7 nitrogen and oxygen atoms in total. The molecule has 7 heteroatoms. The van der Waals surface area contributed by atoms with Crippen LogP contribution in [0, 0.1) is 0 Å². The van der Waals surface area contributed by atoms with Gasteiger partial charge in [0.15, 0.2) is 11.5 Å². The third-order valence-electron chi connectivity index (χ3n) is 4.64. The van der Waals surface area contributed by atoms with E-state index >= 15 is 0 Å². The number of phenols is 1. The average Bonchev–Trinajstić information content (AvgIpc) is 3.10. The van der Waals surface area contributed by atoms with Crippen molar-refractivity contribution < 1.29 is 19.4 Å². The van der Waals surface area contributed by atoms with Gasteiger partial charge >= 0.3 is 0 Å². The highest BCUT2D eigenvalue weighted by molar-refractivity contribution is 5.81. The number of carbonyl (C=O) groups excluding carboxylic acids is 1. The molecule has 27 heavy (non-hydrogen) atoms. The first-order valence-electron chi connectivity index (χ1n) is 8.52. The molecule has 0 radical (unpaired) electrons. The van der Waals surface area contributed by atoms with Crippen LogP contribution in [0.4, 0.5) is 0 Å². The van der Waals surface area contributed by atoms with Crippen LogP contribution < -0.4 is 14.8 Å². The fourth-order valence-corrected chi connectivity index (χ4v) is 3.00. The Balaban J connectivity index is 2.04. The van der Waals surface area contributed by atoms with Crippen LogP contribution in [-0.2, 0) is 10.2 Å². The van der Waals surface area contributed by atoms with E-state index in [1.807, 2.05) is 18.2 Å². The van der Waals surface area contributed by atoms with Gasteiger partial charge in [-0.15, -0.1) is 0 Å². The SMILES string of the molecule is COc1cc(-c2nc3ccc(C(C)(C)CNC=O)cc3[nH]2)cc(OC)c1O. The van der Waals surface area contributed by atoms with Crippen molar-refractivity contribution in [1.82, 2.24) is 15.3 Å². The first-order valence-corrected chi connectivity index (χ1v) is 8.52. The van der Waals surface area contributed by atoms with Crippen LogP contribution in [-0.4, -0.2) is 42.2 Å². The van der Waals surface area contributed by atoms with Gasteiger partial charge in [-0.05, 0) is 29.8 Å². The molecule has 0 fully saturated rings. The van der Waals surface area contributed by atoms with Crippen molar-refractivity contribution in [1.29, 1.82) is 0 Å². The molecule has 0 spiro atoms. The Morgan fingerprint density at radius 3 is 2.44 bits per heavy atom. The smallest absolute Gasteiger partial charge is 0.207 e. The fourth-order valence-electron chi connectivity index (χ4n) is 3.00. The normalized spacial score (nSPS) is 11.4. The van der Waals surface area contributed by atoms with Crippen molar-refractivity contribution >= 4 is 17.4 Å². The van der Waals surface area contributed by atoms with E-state index in [1.54, 1.807) is 12.1 Å². The lowest BCUT2D eigenvalue weighted by molar-refractivity contribution is -0.109. The number of amides is 1. The highest BCUT2D eigenvalue weighted by atomic mass is 16.5. The molecule has 3 N–H and O–H groups in total. The van der Waals surface area contributed by atoms with Gasteiger partial charge in [-0.25, -0.2) is 4.98 Å². The minimum atomic E-state index is -0.217. The van der Waals surface area contributed by atoms with E-state index in [4.69, 9.17) is 9.47 Å². The van der Waals surface area contributed by atoms with Gasteiger partial charge in [-0.1, -0.05) is 19.9 Å². The first-order chi connectivity index (χ1) is 12.9. The minimum absolute atomic E-state index is 0.0495. The van der Waals surface area contributed by atoms with Gasteiger partial charge in [0.2, 0.25) is 12.2 Å². The monoisotopic (exact) mass is 369 g/mol. The number of phenolic OH excluding ortho intramolecular Hbond substituents is 1. The summed E-state index contributed by atoms with van der Waals surface area (Å²) in [6, 6.07) is 9.40. The summed E-state index contributed by atoms with van der Waals surface area (Å²) in [7, 11) is 2.97. The number of methoxy groups -OCH3 is 2. The summed E-state index contributed by atoms with van der Waals surface area (Å²) in [5.74, 6) is 1.22. The van der Waals surface area contributed by atoms with Crippen molar-refractivity contribution in [2.75, 3.05) is 20.8 Å². The molecule has 142 valence electrons. The van der Waals surface area contributed by atoms with Crippen LogP contribution in [0.25, 0.3) is 22.4 Å². The Labute approximate surface area is 157 Å². The zero-order valence-electron chi connectivity index (χ0n) is 15.8. The number of benzene rings is 2. The van der Waals surface area contributed by atoms with Crippen molar-refractivity contribution in [2.45, 2.75) is 19.3 Å². The lowest BCUT2D eigenvalue weighted by Crippen LogP contribution is -2.32. The van der Waals surface area contributed by atoms with E-state index in [-0.39, 0.29) is 11.2 Å². The van der Waals surface area contributed by atoms with Crippen LogP contribution in [0.1, 0.15) is 19.4 Å². The van der Waals surface area contributed by atoms with E-state index in [2.05, 4.69) is 29.1 Å². The van der Waals surface area contributed by atoms with Gasteiger partial charge in [-0.3, -0.25) is 4.79 Å². The predicted octanol–water partition coefficient (Wildman–Crippen LogP) is 2.98. The number of nitrogens with one attached hydrogen (secondary N) is 2. The van der Waals surface area contributed by atoms with Crippen molar-refractivity contribution in [3.63, 3.8) is 0 Å². The second kappa shape index (κ2) is 7.19. The molecule has 0 saturated heterocycles. The summed E-state index contributed by atoms with van der Waals surface area (Å²) in [6.07, 6.45) is 0.709. The van der Waals surface area contributed by atoms with E-state index in [0.717, 1.165) is 22.2 Å². The van der Waals surface area contributed by atoms with Gasteiger partial charge in [0.05, 0.1) is 25.3 Å². The number of hydrogen-bond acceptors (Lipinski definition) is 5. The van der Waals surface area contributed by atoms with Crippen LogP contribution in [0.5, 0.6) is 17.2 Å². The van der Waals surface area contributed by atoms with E-state index in [9.17, 15) is 9.90 Å². The third kappa shape index (κ3) is 3.53. The largest absolute Gasteiger partial charge is 0.502 e. The van der Waals surface area contributed by atoms with Crippen LogP contribution >= 0.6 is 0 Å². The summed E-state index contributed by atoms with van der Waals surface area (Å²) in [5, 5.41) is 12.8. The number of carbonyl (C=O) groups is 1. The van der Waals surface area contributed by atoms with Crippen molar-refractivity contribution in [2.24, 2.45) is 0 Å². The van der Waals surface area contributed by atoms with E-state index in [0.29, 0.717) is 30.3 Å². The lowest BCUT2D eigenvalue weighted by atomic mass is 9.84. The quantitative estimate of drug-likeness (QED) is 0.557. The fraction of sp³-hybridized carbons (Fsp3) is 0.300. The van der Waals surface area contributed by atoms with Crippen molar-refractivity contribution in [3.8, 4) is 28.6 Å². The zero-order valence-corrected chi connectivity index (χ0v) is 15.8. The van der Waals surface area contributed by atoms with Gasteiger partial charge < -0.3 is 24.9 Å². The lowest BCUT2D eigenvalue weighted by Gasteiger charge is -2.24. The standard InChI is InChI=1S/C20H23N3O4/c1-20(2,10-21-11-24)13-5-6-14-15(9-13)23-19(22-14)12-7-16(26-3)18(25)17(8-12)27-4/h5-9,11,25H,10H2,1-4H3,(H,21,24)(H,22,23). The maximum absolute atomic E-state index is 10.6. The summed E-state index contributed by atoms with van der Waals surface area (Å²) < 4.78 is 10.4. The Kier molecular flexibility index (Phi) is 4.94. The Bertz CT molecular complexity index is 954. The van der Waals surface area contributed by atoms with Crippen LogP contribution in [0.3, 0.4) is 0 Å². The van der Waals surface area contributed by atoms with E-state index in [1.165, 1.54) is 14.2 Å². The topological polar surface area (TPSA) is 96.5 Å². The molecule has 3 aromatic rings. The number of aromatic nitrogens is 2. The molecule has 0 unspecified atom stereocenters. The number of hydrogen-bond donors (Lipinski definition) is 3. The Hall–Kier alpha value is -3.22. The van der Waals surface area contributed by atoms with Gasteiger partial charge in [0.1, 0.15) is 5.82 Å². The van der Waals surface area contributed by atoms with Gasteiger partial charge in [0.25, 0.3) is 0 Å². The molecule has 0 atom stereocenters. The number of nitrogens with zero attached hydrogens (tertiary/aromatic N) is 1. The Morgan fingerprint density at radius 2 is 1.85 bits per heavy atom. The van der Waals surface area contributed by atoms with E-state index < -0.39 is 0 Å². The van der Waals surface area contributed by atoms with Crippen LogP contribution in [0.2, 0.25) is 0 Å². The molecule has 0 aliphatic rings. The molecule has 1 heterocycles. The second-order valence-electron chi connectivity index (χ2n) is 6.93. The molecule has 1 aromatic heterocycles. The summed E-state index contributed by atoms with van der Waals surface area (Å²) in [5.41, 5.74) is 3.30. The molecule has 3 rings (SSSR count). The summed E-state index contributed by atoms with van der Waals surface area (Å²) >= 11 is 0. The molecule has 0 saturated carbocycles. The third-order valence-corrected chi connectivity index (χ3v) is 4.64. The average molecular weight is 369 g/mol. The zero-order chi connectivity index (χ0) is 19.6. The number of rotatable bonds is 7. The highest BCUT2D eigenvalue weighted by Gasteiger charge is 2.21. The number of H-pyrrole nitrogens is 1. The molecule has 0 aliphatic heterocycles. The predicted molar refractivity (Wildman–Crippen MR) is 103 cm³/mol. The minimum Gasteiger partial charge on any atom is -0.502 e. The van der Waals surface area contributed by atoms with Crippen molar-refractivity contribution in [3.05, 3.63) is 35.9 Å². The molecular formula is C20H23N3O4. The Morgan fingerprint density at radius 1 is 1.19 bits per heavy atom. The van der Waals surface area contributed by atoms with Crippen LogP contribution in [0.15, 0.2) is 30.3 Å². The molecule has 1 amide bonds. The maximum atomic E-state index is 10.6. The van der Waals surface area contributed by atoms with Gasteiger partial charge in [-0.2, -0.15) is 0 Å². The number of aromatic amines is 1. The van der Waals surface area contributed by atoms with Gasteiger partial charge in [0, 0.05) is 17.5 Å². The summed E-state index contributed by atoms with van der Waals surface area (Å²) in [6.45, 7) is 4.67. The molecule has 2 aromatic carbocycles. The molecule has 0 aliphatic carbocycles. The molecular weight excluding hydrogens is 346 g/mol. The highest BCUT2D eigenvalue weighted by Crippen LogP contribution is 2.40. The maximum Gasteiger partial charge on any atom is 0.207 e.